The van der Waals surface area contributed by atoms with Crippen LogP contribution in [0.5, 0.6) is 11.5 Å². The summed E-state index contributed by atoms with van der Waals surface area (Å²) in [6.07, 6.45) is -10.5. The lowest BCUT2D eigenvalue weighted by Gasteiger charge is -2.38. The van der Waals surface area contributed by atoms with Crippen molar-refractivity contribution >= 4 is 18.0 Å². The van der Waals surface area contributed by atoms with Gasteiger partial charge in [0.25, 0.3) is 5.91 Å². The molecular formula is C24H36N2O12. The number of aliphatic hydroxyl groups is 3. The summed E-state index contributed by atoms with van der Waals surface area (Å²) < 4.78 is 21.2. The fourth-order valence-electron chi connectivity index (χ4n) is 3.41. The van der Waals surface area contributed by atoms with Crippen molar-refractivity contribution in [2.24, 2.45) is 0 Å². The van der Waals surface area contributed by atoms with Crippen molar-refractivity contribution in [1.82, 2.24) is 10.6 Å². The molecule has 0 bridgehead atoms. The topological polar surface area (TPSA) is 213 Å². The quantitative estimate of drug-likeness (QED) is 0.202. The molecule has 1 aliphatic heterocycles. The van der Waals surface area contributed by atoms with E-state index in [9.17, 15) is 34.8 Å². The number of alkyl carbamates (subject to hydrolysis) is 1. The Morgan fingerprint density at radius 3 is 2.16 bits per heavy atom. The highest BCUT2D eigenvalue weighted by atomic mass is 16.7. The first-order valence-corrected chi connectivity index (χ1v) is 11.9. The second kappa shape index (κ2) is 13.1. The maximum atomic E-state index is 12.5. The maximum absolute atomic E-state index is 12.5. The Morgan fingerprint density at radius 2 is 1.61 bits per heavy atom. The first-order valence-electron chi connectivity index (χ1n) is 11.9. The van der Waals surface area contributed by atoms with E-state index < -0.39 is 66.1 Å². The number of aliphatic carboxylic acids is 1. The highest BCUT2D eigenvalue weighted by Gasteiger charge is 2.48. The Morgan fingerprint density at radius 1 is 1.00 bits per heavy atom. The summed E-state index contributed by atoms with van der Waals surface area (Å²) in [6.45, 7) is 9.04. The van der Waals surface area contributed by atoms with Crippen molar-refractivity contribution in [3.8, 4) is 11.5 Å². The van der Waals surface area contributed by atoms with Gasteiger partial charge in [-0.1, -0.05) is 0 Å². The van der Waals surface area contributed by atoms with Gasteiger partial charge in [-0.3, -0.25) is 4.79 Å². The molecule has 0 aromatic heterocycles. The molecule has 0 aliphatic carbocycles. The van der Waals surface area contributed by atoms with E-state index in [0.29, 0.717) is 0 Å². The second-order valence-electron chi connectivity index (χ2n) is 9.89. The van der Waals surface area contributed by atoms with Crippen LogP contribution < -0.4 is 15.4 Å². The third-order valence-corrected chi connectivity index (χ3v) is 5.22. The van der Waals surface area contributed by atoms with Gasteiger partial charge in [0.2, 0.25) is 6.29 Å². The van der Waals surface area contributed by atoms with E-state index in [1.54, 1.807) is 34.6 Å². The van der Waals surface area contributed by atoms with Gasteiger partial charge in [-0.25, -0.2) is 9.59 Å². The van der Waals surface area contributed by atoms with E-state index in [2.05, 4.69) is 10.6 Å². The molecule has 38 heavy (non-hydrogen) atoms. The zero-order valence-electron chi connectivity index (χ0n) is 21.8. The number of carboxylic acids is 1. The van der Waals surface area contributed by atoms with Gasteiger partial charge in [0.1, 0.15) is 23.9 Å². The highest BCUT2D eigenvalue weighted by Crippen LogP contribution is 2.31. The predicted molar refractivity (Wildman–Crippen MR) is 130 cm³/mol. The van der Waals surface area contributed by atoms with Crippen LogP contribution in [0.1, 0.15) is 45.0 Å². The van der Waals surface area contributed by atoms with Crippen molar-refractivity contribution in [2.45, 2.75) is 83.1 Å². The lowest BCUT2D eigenvalue weighted by Crippen LogP contribution is -2.61. The number of carbonyl (C=O) groups excluding carboxylic acids is 2. The van der Waals surface area contributed by atoms with Gasteiger partial charge in [-0.15, -0.1) is 0 Å². The molecule has 14 heteroatoms. The second-order valence-corrected chi connectivity index (χ2v) is 9.89. The number of amides is 2. The number of phenolic OH excluding ortho intramolecular Hbond substituents is 1. The number of rotatable bonds is 10. The molecule has 0 radical (unpaired) electrons. The fourth-order valence-corrected chi connectivity index (χ4v) is 3.41. The van der Waals surface area contributed by atoms with Crippen molar-refractivity contribution in [2.75, 3.05) is 13.1 Å². The lowest BCUT2D eigenvalue weighted by molar-refractivity contribution is -0.271. The molecule has 2 amide bonds. The summed E-state index contributed by atoms with van der Waals surface area (Å²) in [7, 11) is 0. The Kier molecular flexibility index (Phi) is 10.7. The zero-order chi connectivity index (χ0) is 28.8. The van der Waals surface area contributed by atoms with Gasteiger partial charge in [0.15, 0.2) is 17.6 Å². The number of hydrogen-bond acceptors (Lipinski definition) is 11. The van der Waals surface area contributed by atoms with Crippen LogP contribution in [-0.4, -0.2) is 105 Å². The fraction of sp³-hybridized carbons (Fsp3) is 0.625. The predicted octanol–water partition coefficient (Wildman–Crippen LogP) is -0.289. The zero-order valence-corrected chi connectivity index (χ0v) is 21.8. The molecule has 7 atom stereocenters. The van der Waals surface area contributed by atoms with Crippen LogP contribution in [0.15, 0.2) is 18.2 Å². The van der Waals surface area contributed by atoms with E-state index in [-0.39, 0.29) is 30.5 Å². The Labute approximate surface area is 219 Å². The number of nitrogens with one attached hydrogen (secondary N) is 2. The molecule has 1 aromatic rings. The lowest BCUT2D eigenvalue weighted by atomic mass is 9.99. The molecular weight excluding hydrogens is 508 g/mol. The van der Waals surface area contributed by atoms with E-state index in [1.165, 1.54) is 12.1 Å². The normalized spacial score (nSPS) is 25.1. The number of aliphatic hydroxyl groups excluding tert-OH is 3. The summed E-state index contributed by atoms with van der Waals surface area (Å²) >= 11 is 0. The number of ether oxygens (including phenoxy) is 4. The summed E-state index contributed by atoms with van der Waals surface area (Å²) in [4.78, 5) is 35.4. The van der Waals surface area contributed by atoms with Gasteiger partial charge in [-0.2, -0.15) is 0 Å². The third kappa shape index (κ3) is 8.99. The molecule has 0 saturated carbocycles. The minimum absolute atomic E-state index is 0.0608. The third-order valence-electron chi connectivity index (χ3n) is 5.22. The van der Waals surface area contributed by atoms with Crippen molar-refractivity contribution in [1.29, 1.82) is 0 Å². The molecule has 1 aromatic carbocycles. The molecule has 2 rings (SSSR count). The van der Waals surface area contributed by atoms with E-state index in [4.69, 9.17) is 24.1 Å². The molecule has 1 fully saturated rings. The van der Waals surface area contributed by atoms with Crippen LogP contribution >= 0.6 is 0 Å². The molecule has 2 unspecified atom stereocenters. The van der Waals surface area contributed by atoms with Gasteiger partial charge in [-0.05, 0) is 52.8 Å². The molecule has 1 saturated heterocycles. The van der Waals surface area contributed by atoms with Crippen molar-refractivity contribution in [3.05, 3.63) is 23.8 Å². The van der Waals surface area contributed by atoms with Crippen LogP contribution in [0.2, 0.25) is 0 Å². The molecule has 1 aliphatic rings. The van der Waals surface area contributed by atoms with Crippen LogP contribution in [0.25, 0.3) is 0 Å². The van der Waals surface area contributed by atoms with E-state index >= 15 is 0 Å². The highest BCUT2D eigenvalue weighted by molar-refractivity contribution is 5.94. The van der Waals surface area contributed by atoms with Gasteiger partial charge in [0, 0.05) is 18.7 Å². The molecule has 14 nitrogen and oxygen atoms in total. The average molecular weight is 545 g/mol. The van der Waals surface area contributed by atoms with Gasteiger partial charge >= 0.3 is 12.1 Å². The minimum atomic E-state index is -1.89. The van der Waals surface area contributed by atoms with Gasteiger partial charge < -0.3 is 55.1 Å². The monoisotopic (exact) mass is 544 g/mol. The smallest absolute Gasteiger partial charge is 0.407 e. The first-order chi connectivity index (χ1) is 17.6. The summed E-state index contributed by atoms with van der Waals surface area (Å²) in [5, 5.41) is 54.3. The summed E-state index contributed by atoms with van der Waals surface area (Å²) in [5.41, 5.74) is -0.559. The minimum Gasteiger partial charge on any atom is -0.504 e. The standard InChI is InChI=1S/C24H36N2O12/c1-11(35-12(2)10-26-23(34)38-24(3,4)5)9-25-20(31)13-6-7-15(14(27)8-13)36-22-18(30)16(28)17(29)19(37-22)21(32)33/h6-8,11-12,16-19,22,27-30H,9-10H2,1-5H3,(H,25,31)(H,26,34)(H,32,33)/t11?,12?,16-,17-,18+,19-,22+/m0/s1. The first kappa shape index (κ1) is 31.1. The SMILES string of the molecule is CC(CNC(=O)OC(C)(C)C)OC(C)CNC(=O)c1ccc(O[C@@H]2O[C@H](C(=O)O)[C@@H](O)[C@H](O)[C@H]2O)c(O)c1. The molecule has 214 valence electrons. The number of aromatic hydroxyl groups is 1. The van der Waals surface area contributed by atoms with Crippen LogP contribution in [-0.2, 0) is 19.0 Å². The molecule has 1 heterocycles. The number of carboxylic acid groups (broad SMARTS) is 1. The van der Waals surface area contributed by atoms with E-state index in [0.717, 1.165) is 6.07 Å². The van der Waals surface area contributed by atoms with Crippen molar-refractivity contribution in [3.63, 3.8) is 0 Å². The van der Waals surface area contributed by atoms with Crippen LogP contribution in [0.4, 0.5) is 4.79 Å². The molecule has 7 N–H and O–H groups in total. The average Bonchev–Trinajstić information content (AvgIpc) is 2.81. The maximum Gasteiger partial charge on any atom is 0.407 e. The van der Waals surface area contributed by atoms with Crippen LogP contribution in [0.3, 0.4) is 0 Å². The van der Waals surface area contributed by atoms with Crippen LogP contribution in [0, 0.1) is 0 Å². The number of hydrogen-bond donors (Lipinski definition) is 7. The van der Waals surface area contributed by atoms with Crippen molar-refractivity contribution < 1.29 is 58.9 Å². The van der Waals surface area contributed by atoms with Gasteiger partial charge in [0.05, 0.1) is 12.2 Å². The van der Waals surface area contributed by atoms with E-state index in [1.807, 2.05) is 0 Å². The molecule has 0 spiro atoms. The Bertz CT molecular complexity index is 982. The number of carbonyl (C=O) groups is 3. The Hall–Kier alpha value is -3.17. The largest absolute Gasteiger partial charge is 0.504 e. The number of benzene rings is 1. The Balaban J connectivity index is 1.87. The number of phenols is 1. The summed E-state index contributed by atoms with van der Waals surface area (Å²) in [6, 6.07) is 3.58. The summed E-state index contributed by atoms with van der Waals surface area (Å²) in [5.74, 6) is -2.91.